The second-order valence-electron chi connectivity index (χ2n) is 4.82. The van der Waals surface area contributed by atoms with Crippen molar-refractivity contribution in [3.8, 4) is 5.88 Å². The zero-order chi connectivity index (χ0) is 16.5. The van der Waals surface area contributed by atoms with Gasteiger partial charge in [0.2, 0.25) is 5.88 Å². The molecule has 0 aliphatic rings. The van der Waals surface area contributed by atoms with Crippen molar-refractivity contribution in [1.82, 2.24) is 30.4 Å². The fourth-order valence-electron chi connectivity index (χ4n) is 2.10. The molecule has 0 aromatic carbocycles. The minimum atomic E-state index is 0.573. The summed E-state index contributed by atoms with van der Waals surface area (Å²) >= 11 is 0. The number of guanidine groups is 1. The predicted molar refractivity (Wildman–Crippen MR) is 88.4 cm³/mol. The number of pyridine rings is 1. The first-order valence-electron chi connectivity index (χ1n) is 7.58. The van der Waals surface area contributed by atoms with E-state index in [1.807, 2.05) is 22.8 Å². The normalized spacial score (nSPS) is 11.3. The third-order valence-corrected chi connectivity index (χ3v) is 3.31. The van der Waals surface area contributed by atoms with Crippen molar-refractivity contribution in [3.05, 3.63) is 36.0 Å². The van der Waals surface area contributed by atoms with E-state index in [-0.39, 0.29) is 0 Å². The van der Waals surface area contributed by atoms with Crippen LogP contribution in [0.25, 0.3) is 0 Å². The molecule has 0 unspecified atom stereocenters. The number of hydrogen-bond acceptors (Lipinski definition) is 5. The summed E-state index contributed by atoms with van der Waals surface area (Å²) in [5.74, 6) is 2.31. The maximum atomic E-state index is 5.12. The van der Waals surface area contributed by atoms with E-state index < -0.39 is 0 Å². The smallest absolute Gasteiger partial charge is 0.213 e. The van der Waals surface area contributed by atoms with Crippen molar-refractivity contribution in [3.63, 3.8) is 0 Å². The SMILES string of the molecule is CCc1nncn1CCNC(=NC)NCc1cccc(OC)n1. The Morgan fingerprint density at radius 2 is 2.22 bits per heavy atom. The van der Waals surface area contributed by atoms with Crippen LogP contribution in [0, 0.1) is 0 Å². The summed E-state index contributed by atoms with van der Waals surface area (Å²) in [6, 6.07) is 5.67. The van der Waals surface area contributed by atoms with E-state index in [0.29, 0.717) is 12.4 Å². The number of nitrogens with one attached hydrogen (secondary N) is 2. The van der Waals surface area contributed by atoms with Gasteiger partial charge in [-0.05, 0) is 6.07 Å². The molecule has 8 heteroatoms. The average molecular weight is 317 g/mol. The summed E-state index contributed by atoms with van der Waals surface area (Å²) in [5, 5.41) is 14.5. The van der Waals surface area contributed by atoms with Gasteiger partial charge in [0.15, 0.2) is 5.96 Å². The first-order valence-corrected chi connectivity index (χ1v) is 7.58. The molecule has 0 saturated carbocycles. The minimum absolute atomic E-state index is 0.573. The van der Waals surface area contributed by atoms with Gasteiger partial charge in [-0.15, -0.1) is 10.2 Å². The monoisotopic (exact) mass is 317 g/mol. The number of rotatable bonds is 7. The Bertz CT molecular complexity index is 638. The van der Waals surface area contributed by atoms with E-state index in [2.05, 4.69) is 37.7 Å². The maximum absolute atomic E-state index is 5.12. The lowest BCUT2D eigenvalue weighted by molar-refractivity contribution is 0.396. The number of ether oxygens (including phenoxy) is 1. The molecule has 23 heavy (non-hydrogen) atoms. The van der Waals surface area contributed by atoms with Crippen molar-refractivity contribution >= 4 is 5.96 Å². The summed E-state index contributed by atoms with van der Waals surface area (Å²) in [4.78, 5) is 8.55. The third-order valence-electron chi connectivity index (χ3n) is 3.31. The van der Waals surface area contributed by atoms with Crippen molar-refractivity contribution in [2.45, 2.75) is 26.4 Å². The molecule has 0 radical (unpaired) electrons. The summed E-state index contributed by atoms with van der Waals surface area (Å²) in [5.41, 5.74) is 0.888. The second-order valence-corrected chi connectivity index (χ2v) is 4.82. The molecule has 2 heterocycles. The Balaban J connectivity index is 1.79. The van der Waals surface area contributed by atoms with Gasteiger partial charge in [-0.2, -0.15) is 0 Å². The van der Waals surface area contributed by atoms with E-state index in [1.165, 1.54) is 0 Å². The van der Waals surface area contributed by atoms with Crippen molar-refractivity contribution in [1.29, 1.82) is 0 Å². The van der Waals surface area contributed by atoms with Gasteiger partial charge in [0.05, 0.1) is 19.3 Å². The van der Waals surface area contributed by atoms with E-state index >= 15 is 0 Å². The average Bonchev–Trinajstić information content (AvgIpc) is 3.05. The second kappa shape index (κ2) is 8.72. The Morgan fingerprint density at radius 1 is 1.35 bits per heavy atom. The molecule has 0 bridgehead atoms. The molecule has 0 atom stereocenters. The number of hydrogen-bond donors (Lipinski definition) is 2. The van der Waals surface area contributed by atoms with Crippen LogP contribution in [0.4, 0.5) is 0 Å². The molecule has 0 saturated heterocycles. The van der Waals surface area contributed by atoms with Crippen LogP contribution in [0.1, 0.15) is 18.4 Å². The summed E-state index contributed by atoms with van der Waals surface area (Å²) < 4.78 is 7.15. The predicted octanol–water partition coefficient (Wildman–Crippen LogP) is 0.609. The zero-order valence-corrected chi connectivity index (χ0v) is 13.8. The highest BCUT2D eigenvalue weighted by atomic mass is 16.5. The van der Waals surface area contributed by atoms with Gasteiger partial charge in [-0.25, -0.2) is 4.98 Å². The van der Waals surface area contributed by atoms with Crippen LogP contribution in [0.2, 0.25) is 0 Å². The molecule has 0 aliphatic carbocycles. The molecule has 2 aromatic rings. The first-order chi connectivity index (χ1) is 11.3. The Hall–Kier alpha value is -2.64. The molecule has 2 N–H and O–H groups in total. The number of aromatic nitrogens is 4. The van der Waals surface area contributed by atoms with Crippen LogP contribution >= 0.6 is 0 Å². The van der Waals surface area contributed by atoms with Crippen molar-refractivity contribution in [2.24, 2.45) is 4.99 Å². The molecule has 0 fully saturated rings. The number of aryl methyl sites for hydroxylation is 1. The van der Waals surface area contributed by atoms with Crippen LogP contribution in [0.5, 0.6) is 5.88 Å². The lowest BCUT2D eigenvalue weighted by atomic mass is 10.3. The first kappa shape index (κ1) is 16.7. The Labute approximate surface area is 136 Å². The van der Waals surface area contributed by atoms with Gasteiger partial charge < -0.3 is 19.9 Å². The fraction of sp³-hybridized carbons (Fsp3) is 0.467. The number of aliphatic imine (C=N–C) groups is 1. The maximum Gasteiger partial charge on any atom is 0.213 e. The molecule has 124 valence electrons. The van der Waals surface area contributed by atoms with Gasteiger partial charge in [0, 0.05) is 32.6 Å². The highest BCUT2D eigenvalue weighted by Gasteiger charge is 2.03. The van der Waals surface area contributed by atoms with Crippen molar-refractivity contribution in [2.75, 3.05) is 20.7 Å². The number of nitrogens with zero attached hydrogens (tertiary/aromatic N) is 5. The van der Waals surface area contributed by atoms with Gasteiger partial charge in [0.1, 0.15) is 12.2 Å². The van der Waals surface area contributed by atoms with Crippen LogP contribution in [0.3, 0.4) is 0 Å². The molecular formula is C15H23N7O. The van der Waals surface area contributed by atoms with E-state index in [0.717, 1.165) is 37.0 Å². The standard InChI is InChI=1S/C15H23N7O/c1-4-13-21-19-11-22(13)9-8-17-15(16-2)18-10-12-6-5-7-14(20-12)23-3/h5-7,11H,4,8-10H2,1-3H3,(H2,16,17,18). The Kier molecular flexibility index (Phi) is 6.34. The van der Waals surface area contributed by atoms with Gasteiger partial charge in [0.25, 0.3) is 0 Å². The summed E-state index contributed by atoms with van der Waals surface area (Å²) in [6.45, 7) is 4.16. The fourth-order valence-corrected chi connectivity index (χ4v) is 2.10. The van der Waals surface area contributed by atoms with E-state index in [4.69, 9.17) is 4.74 Å². The third kappa shape index (κ3) is 4.94. The van der Waals surface area contributed by atoms with E-state index in [1.54, 1.807) is 20.5 Å². The molecule has 8 nitrogen and oxygen atoms in total. The lowest BCUT2D eigenvalue weighted by Crippen LogP contribution is -2.38. The Morgan fingerprint density at radius 3 is 2.96 bits per heavy atom. The molecule has 2 aromatic heterocycles. The van der Waals surface area contributed by atoms with Gasteiger partial charge in [-0.3, -0.25) is 4.99 Å². The highest BCUT2D eigenvalue weighted by Crippen LogP contribution is 2.05. The van der Waals surface area contributed by atoms with Crippen LogP contribution < -0.4 is 15.4 Å². The topological polar surface area (TPSA) is 89.2 Å². The molecule has 2 rings (SSSR count). The van der Waals surface area contributed by atoms with E-state index in [9.17, 15) is 0 Å². The molecular weight excluding hydrogens is 294 g/mol. The highest BCUT2D eigenvalue weighted by molar-refractivity contribution is 5.79. The summed E-state index contributed by atoms with van der Waals surface area (Å²) in [7, 11) is 3.35. The quantitative estimate of drug-likeness (QED) is 0.574. The molecule has 0 spiro atoms. The molecule has 0 amide bonds. The largest absolute Gasteiger partial charge is 0.481 e. The van der Waals surface area contributed by atoms with Crippen LogP contribution in [-0.4, -0.2) is 46.4 Å². The van der Waals surface area contributed by atoms with Crippen molar-refractivity contribution < 1.29 is 4.74 Å². The van der Waals surface area contributed by atoms with Crippen LogP contribution in [-0.2, 0) is 19.5 Å². The van der Waals surface area contributed by atoms with Gasteiger partial charge in [-0.1, -0.05) is 13.0 Å². The molecule has 0 aliphatic heterocycles. The lowest BCUT2D eigenvalue weighted by Gasteiger charge is -2.12. The minimum Gasteiger partial charge on any atom is -0.481 e. The van der Waals surface area contributed by atoms with Gasteiger partial charge >= 0.3 is 0 Å². The number of methoxy groups -OCH3 is 1. The van der Waals surface area contributed by atoms with Crippen LogP contribution in [0.15, 0.2) is 29.5 Å². The zero-order valence-electron chi connectivity index (χ0n) is 13.8. The summed E-state index contributed by atoms with van der Waals surface area (Å²) in [6.07, 6.45) is 2.62.